The monoisotopic (exact) mass is 276 g/mol. The summed E-state index contributed by atoms with van der Waals surface area (Å²) in [5, 5.41) is 9.26. The van der Waals surface area contributed by atoms with E-state index in [9.17, 15) is 14.7 Å². The minimum atomic E-state index is -0.949. The predicted octanol–water partition coefficient (Wildman–Crippen LogP) is 0.878. The average molecular weight is 276 g/mol. The molecule has 0 aliphatic carbocycles. The van der Waals surface area contributed by atoms with Gasteiger partial charge >= 0.3 is 5.97 Å². The predicted molar refractivity (Wildman–Crippen MR) is 75.0 cm³/mol. The normalized spacial score (nSPS) is 23.6. The molecule has 0 bridgehead atoms. The van der Waals surface area contributed by atoms with Crippen molar-refractivity contribution in [2.75, 3.05) is 6.54 Å². The van der Waals surface area contributed by atoms with Crippen molar-refractivity contribution in [2.45, 2.75) is 31.8 Å². The van der Waals surface area contributed by atoms with Crippen molar-refractivity contribution in [3.63, 3.8) is 0 Å². The van der Waals surface area contributed by atoms with E-state index in [1.807, 2.05) is 30.3 Å². The van der Waals surface area contributed by atoms with E-state index < -0.39 is 18.1 Å². The zero-order valence-electron chi connectivity index (χ0n) is 11.5. The molecule has 0 spiro atoms. The Balaban J connectivity index is 2.08. The van der Waals surface area contributed by atoms with Crippen LogP contribution in [0.4, 0.5) is 0 Å². The summed E-state index contributed by atoms with van der Waals surface area (Å²) in [6.45, 7) is 2.05. The zero-order valence-corrected chi connectivity index (χ0v) is 11.5. The molecule has 1 aromatic carbocycles. The molecule has 1 aliphatic rings. The van der Waals surface area contributed by atoms with Crippen molar-refractivity contribution >= 4 is 11.9 Å². The molecule has 1 amide bonds. The second-order valence-electron chi connectivity index (χ2n) is 5.42. The van der Waals surface area contributed by atoms with Crippen LogP contribution in [0.3, 0.4) is 0 Å². The molecule has 1 aromatic rings. The average Bonchev–Trinajstić information content (AvgIpc) is 2.83. The van der Waals surface area contributed by atoms with Gasteiger partial charge in [0.2, 0.25) is 5.91 Å². The molecule has 108 valence electrons. The minimum Gasteiger partial charge on any atom is -0.480 e. The minimum absolute atomic E-state index is 0.168. The first-order chi connectivity index (χ1) is 9.49. The molecule has 0 radical (unpaired) electrons. The molecule has 1 heterocycles. The van der Waals surface area contributed by atoms with Gasteiger partial charge in [-0.05, 0) is 31.2 Å². The maximum Gasteiger partial charge on any atom is 0.326 e. The number of likely N-dealkylation sites (tertiary alicyclic amines) is 1. The fraction of sp³-hybridized carbons (Fsp3) is 0.467. The number of hydrogen-bond donors (Lipinski definition) is 2. The molecule has 5 heteroatoms. The number of nitrogens with two attached hydrogens (primary N) is 1. The Hall–Kier alpha value is -1.88. The van der Waals surface area contributed by atoms with Crippen LogP contribution < -0.4 is 5.73 Å². The number of carbonyl (C=O) groups excluding carboxylic acids is 1. The molecule has 20 heavy (non-hydrogen) atoms. The summed E-state index contributed by atoms with van der Waals surface area (Å²) in [4.78, 5) is 24.7. The summed E-state index contributed by atoms with van der Waals surface area (Å²) in [6.07, 6.45) is 1.27. The van der Waals surface area contributed by atoms with Crippen LogP contribution in [0.5, 0.6) is 0 Å². The molecule has 2 rings (SSSR count). The second kappa shape index (κ2) is 6.05. The van der Waals surface area contributed by atoms with Crippen LogP contribution >= 0.6 is 0 Å². The molecular weight excluding hydrogens is 256 g/mol. The molecular formula is C15H20N2O3. The van der Waals surface area contributed by atoms with Crippen LogP contribution in [0, 0.1) is 5.92 Å². The summed E-state index contributed by atoms with van der Waals surface area (Å²) >= 11 is 0. The van der Waals surface area contributed by atoms with Gasteiger partial charge in [0, 0.05) is 6.54 Å². The number of carbonyl (C=O) groups is 2. The van der Waals surface area contributed by atoms with Gasteiger partial charge < -0.3 is 15.7 Å². The van der Waals surface area contributed by atoms with Gasteiger partial charge in [-0.25, -0.2) is 4.79 Å². The van der Waals surface area contributed by atoms with Crippen LogP contribution in [-0.4, -0.2) is 40.5 Å². The quantitative estimate of drug-likeness (QED) is 0.855. The van der Waals surface area contributed by atoms with Gasteiger partial charge in [0.1, 0.15) is 6.04 Å². The van der Waals surface area contributed by atoms with Crippen LogP contribution in [0.2, 0.25) is 0 Å². The lowest BCUT2D eigenvalue weighted by atomic mass is 9.97. The number of aliphatic carboxylic acids is 1. The standard InChI is InChI=1S/C15H20N2O3/c1-10(16)14(18)17-9-12(8-13(17)15(19)20)7-11-5-3-2-4-6-11/h2-6,10,12-13H,7-9,16H2,1H3,(H,19,20)/t10-,12?,13-/m0/s1. The summed E-state index contributed by atoms with van der Waals surface area (Å²) in [5.41, 5.74) is 6.76. The smallest absolute Gasteiger partial charge is 0.326 e. The molecule has 1 fully saturated rings. The second-order valence-corrected chi connectivity index (χ2v) is 5.42. The van der Waals surface area contributed by atoms with Crippen molar-refractivity contribution in [3.05, 3.63) is 35.9 Å². The van der Waals surface area contributed by atoms with Gasteiger partial charge in [-0.15, -0.1) is 0 Å². The highest BCUT2D eigenvalue weighted by atomic mass is 16.4. The van der Waals surface area contributed by atoms with Crippen molar-refractivity contribution in [2.24, 2.45) is 11.7 Å². The topological polar surface area (TPSA) is 83.6 Å². The molecule has 1 saturated heterocycles. The SMILES string of the molecule is C[C@H](N)C(=O)N1CC(Cc2ccccc2)C[C@H]1C(=O)O. The first-order valence-corrected chi connectivity index (χ1v) is 6.82. The van der Waals surface area contributed by atoms with Gasteiger partial charge in [0.15, 0.2) is 0 Å². The number of carboxylic acids is 1. The van der Waals surface area contributed by atoms with Gasteiger partial charge in [-0.1, -0.05) is 30.3 Å². The first-order valence-electron chi connectivity index (χ1n) is 6.82. The Morgan fingerprint density at radius 1 is 1.40 bits per heavy atom. The highest BCUT2D eigenvalue weighted by molar-refractivity contribution is 5.87. The Labute approximate surface area is 118 Å². The molecule has 3 N–H and O–H groups in total. The third-order valence-corrected chi connectivity index (χ3v) is 3.71. The molecule has 0 aromatic heterocycles. The van der Waals surface area contributed by atoms with Gasteiger partial charge in [-0.3, -0.25) is 4.79 Å². The fourth-order valence-electron chi connectivity index (χ4n) is 2.76. The molecule has 0 saturated carbocycles. The van der Waals surface area contributed by atoms with Gasteiger partial charge in [-0.2, -0.15) is 0 Å². The number of benzene rings is 1. The lowest BCUT2D eigenvalue weighted by Crippen LogP contribution is -2.47. The lowest BCUT2D eigenvalue weighted by molar-refractivity contribution is -0.148. The van der Waals surface area contributed by atoms with Gasteiger partial charge in [0.05, 0.1) is 6.04 Å². The number of hydrogen-bond acceptors (Lipinski definition) is 3. The highest BCUT2D eigenvalue weighted by Crippen LogP contribution is 2.27. The third-order valence-electron chi connectivity index (χ3n) is 3.71. The summed E-state index contributed by atoms with van der Waals surface area (Å²) in [7, 11) is 0. The highest BCUT2D eigenvalue weighted by Gasteiger charge is 2.40. The van der Waals surface area contributed by atoms with E-state index in [1.165, 1.54) is 4.90 Å². The van der Waals surface area contributed by atoms with Crippen molar-refractivity contribution in [1.29, 1.82) is 0 Å². The van der Waals surface area contributed by atoms with Crippen molar-refractivity contribution in [1.82, 2.24) is 4.90 Å². The number of amides is 1. The van der Waals surface area contributed by atoms with Crippen molar-refractivity contribution < 1.29 is 14.7 Å². The van der Waals surface area contributed by atoms with Crippen molar-refractivity contribution in [3.8, 4) is 0 Å². The van der Waals surface area contributed by atoms with Crippen LogP contribution in [0.25, 0.3) is 0 Å². The third kappa shape index (κ3) is 3.17. The Bertz CT molecular complexity index is 487. The summed E-state index contributed by atoms with van der Waals surface area (Å²) in [6, 6.07) is 8.50. The molecule has 1 aliphatic heterocycles. The largest absolute Gasteiger partial charge is 0.480 e. The van der Waals surface area contributed by atoms with Crippen LogP contribution in [0.15, 0.2) is 30.3 Å². The zero-order chi connectivity index (χ0) is 14.7. The number of carboxylic acid groups (broad SMARTS) is 1. The van der Waals surface area contributed by atoms with E-state index in [0.717, 1.165) is 12.0 Å². The molecule has 1 unspecified atom stereocenters. The Morgan fingerprint density at radius 3 is 2.60 bits per heavy atom. The van der Waals surface area contributed by atoms with E-state index in [4.69, 9.17) is 5.73 Å². The van der Waals surface area contributed by atoms with E-state index >= 15 is 0 Å². The Kier molecular flexibility index (Phi) is 4.39. The maximum absolute atomic E-state index is 12.0. The van der Waals surface area contributed by atoms with E-state index in [1.54, 1.807) is 6.92 Å². The van der Waals surface area contributed by atoms with Gasteiger partial charge in [0.25, 0.3) is 0 Å². The van der Waals surface area contributed by atoms with E-state index in [2.05, 4.69) is 0 Å². The van der Waals surface area contributed by atoms with E-state index in [-0.39, 0.29) is 11.8 Å². The summed E-state index contributed by atoms with van der Waals surface area (Å²) in [5.74, 6) is -1.07. The Morgan fingerprint density at radius 2 is 2.05 bits per heavy atom. The number of rotatable bonds is 4. The number of nitrogens with zero attached hydrogens (tertiary/aromatic N) is 1. The lowest BCUT2D eigenvalue weighted by Gasteiger charge is -2.23. The first kappa shape index (κ1) is 14.5. The fourth-order valence-corrected chi connectivity index (χ4v) is 2.76. The van der Waals surface area contributed by atoms with E-state index in [0.29, 0.717) is 13.0 Å². The van der Waals surface area contributed by atoms with Crippen LogP contribution in [0.1, 0.15) is 18.9 Å². The molecule has 5 nitrogen and oxygen atoms in total. The maximum atomic E-state index is 12.0. The summed E-state index contributed by atoms with van der Waals surface area (Å²) < 4.78 is 0. The molecule has 3 atom stereocenters. The van der Waals surface area contributed by atoms with Crippen LogP contribution in [-0.2, 0) is 16.0 Å².